The van der Waals surface area contributed by atoms with Gasteiger partial charge in [-0.3, -0.25) is 14.9 Å². The fourth-order valence-corrected chi connectivity index (χ4v) is 1.71. The summed E-state index contributed by atoms with van der Waals surface area (Å²) in [4.78, 5) is 22.5. The van der Waals surface area contributed by atoms with Crippen molar-refractivity contribution in [3.63, 3.8) is 0 Å². The van der Waals surface area contributed by atoms with E-state index in [-0.39, 0.29) is 28.8 Å². The van der Waals surface area contributed by atoms with Crippen molar-refractivity contribution in [3.05, 3.63) is 27.8 Å². The van der Waals surface area contributed by atoms with Crippen LogP contribution in [0.1, 0.15) is 23.7 Å². The lowest BCUT2D eigenvalue weighted by Gasteiger charge is -2.11. The Morgan fingerprint density at radius 3 is 2.43 bits per heavy atom. The summed E-state index contributed by atoms with van der Waals surface area (Å²) >= 11 is 0. The first-order valence-corrected chi connectivity index (χ1v) is 6.34. The number of rotatable bonds is 7. The first-order chi connectivity index (χ1) is 9.90. The number of amides is 1. The molecular weight excluding hydrogens is 278 g/mol. The van der Waals surface area contributed by atoms with Gasteiger partial charge in [0.15, 0.2) is 11.5 Å². The van der Waals surface area contributed by atoms with Gasteiger partial charge in [-0.25, -0.2) is 0 Å². The van der Waals surface area contributed by atoms with Crippen LogP contribution in [0.5, 0.6) is 11.5 Å². The summed E-state index contributed by atoms with van der Waals surface area (Å²) in [6.45, 7) is 2.15. The van der Waals surface area contributed by atoms with Gasteiger partial charge in [0.25, 0.3) is 11.6 Å². The maximum atomic E-state index is 12.1. The van der Waals surface area contributed by atoms with E-state index in [0.29, 0.717) is 13.0 Å². The Kier molecular flexibility index (Phi) is 5.92. The minimum absolute atomic E-state index is 0.0642. The molecule has 8 nitrogen and oxygen atoms in total. The van der Waals surface area contributed by atoms with Gasteiger partial charge in [0.05, 0.1) is 25.2 Å². The molecule has 1 aromatic rings. The molecule has 0 radical (unpaired) electrons. The molecule has 1 rings (SSSR count). The zero-order valence-electron chi connectivity index (χ0n) is 12.2. The number of nitro groups is 1. The number of nitrogens with one attached hydrogen (secondary N) is 1. The molecule has 0 aliphatic heterocycles. The number of nitrogens with zero attached hydrogens (tertiary/aromatic N) is 1. The number of benzene rings is 1. The van der Waals surface area contributed by atoms with Gasteiger partial charge in [-0.1, -0.05) is 0 Å². The normalized spacial score (nSPS) is 11.6. The Morgan fingerprint density at radius 1 is 1.38 bits per heavy atom. The van der Waals surface area contributed by atoms with Crippen molar-refractivity contribution in [3.8, 4) is 11.5 Å². The first-order valence-electron chi connectivity index (χ1n) is 6.34. The third-order valence-corrected chi connectivity index (χ3v) is 2.83. The maximum Gasteiger partial charge on any atom is 0.286 e. The van der Waals surface area contributed by atoms with E-state index < -0.39 is 10.8 Å². The molecule has 0 fully saturated rings. The molecule has 1 atom stereocenters. The number of hydrogen-bond acceptors (Lipinski definition) is 6. The summed E-state index contributed by atoms with van der Waals surface area (Å²) in [5.74, 6) is -0.111. The van der Waals surface area contributed by atoms with Gasteiger partial charge in [-0.15, -0.1) is 0 Å². The molecule has 0 saturated carbocycles. The predicted octanol–water partition coefficient (Wildman–Crippen LogP) is 1.08. The second kappa shape index (κ2) is 7.44. The highest BCUT2D eigenvalue weighted by atomic mass is 16.6. The third-order valence-electron chi connectivity index (χ3n) is 2.83. The number of nitrogens with two attached hydrogens (primary N) is 1. The van der Waals surface area contributed by atoms with E-state index >= 15 is 0 Å². The van der Waals surface area contributed by atoms with Crippen LogP contribution in [-0.4, -0.2) is 37.6 Å². The monoisotopic (exact) mass is 297 g/mol. The summed E-state index contributed by atoms with van der Waals surface area (Å²) in [7, 11) is 2.76. The van der Waals surface area contributed by atoms with Crippen LogP contribution in [0, 0.1) is 10.1 Å². The molecule has 116 valence electrons. The fraction of sp³-hybridized carbons (Fsp3) is 0.462. The molecule has 0 saturated heterocycles. The van der Waals surface area contributed by atoms with E-state index in [1.165, 1.54) is 26.4 Å². The second-order valence-corrected chi connectivity index (χ2v) is 4.50. The number of carbonyl (C=O) groups is 1. The van der Waals surface area contributed by atoms with Gasteiger partial charge >= 0.3 is 0 Å². The van der Waals surface area contributed by atoms with Crippen LogP contribution in [0.25, 0.3) is 0 Å². The molecule has 1 amide bonds. The van der Waals surface area contributed by atoms with Crippen LogP contribution in [0.3, 0.4) is 0 Å². The summed E-state index contributed by atoms with van der Waals surface area (Å²) < 4.78 is 10.1. The van der Waals surface area contributed by atoms with Crippen LogP contribution in [0.2, 0.25) is 0 Å². The van der Waals surface area contributed by atoms with Crippen molar-refractivity contribution in [1.82, 2.24) is 5.32 Å². The number of carbonyl (C=O) groups excluding carboxylic acids is 1. The predicted molar refractivity (Wildman–Crippen MR) is 76.8 cm³/mol. The molecule has 0 bridgehead atoms. The second-order valence-electron chi connectivity index (χ2n) is 4.50. The molecule has 8 heteroatoms. The summed E-state index contributed by atoms with van der Waals surface area (Å²) in [5, 5.41) is 13.7. The van der Waals surface area contributed by atoms with Gasteiger partial charge in [-0.05, 0) is 13.3 Å². The maximum absolute atomic E-state index is 12.1. The number of ether oxygens (including phenoxy) is 2. The summed E-state index contributed by atoms with van der Waals surface area (Å²) in [5.41, 5.74) is 5.16. The molecule has 1 aromatic carbocycles. The zero-order chi connectivity index (χ0) is 16.0. The lowest BCUT2D eigenvalue weighted by Crippen LogP contribution is -2.29. The van der Waals surface area contributed by atoms with Crippen molar-refractivity contribution in [2.75, 3.05) is 20.8 Å². The highest BCUT2D eigenvalue weighted by molar-refractivity contribution is 5.99. The van der Waals surface area contributed by atoms with Crippen LogP contribution in [0.4, 0.5) is 5.69 Å². The highest BCUT2D eigenvalue weighted by Gasteiger charge is 2.24. The molecular formula is C13H19N3O5. The Morgan fingerprint density at radius 2 is 1.95 bits per heavy atom. The Balaban J connectivity index is 3.08. The smallest absolute Gasteiger partial charge is 0.286 e. The Labute approximate surface area is 122 Å². The lowest BCUT2D eigenvalue weighted by molar-refractivity contribution is -0.385. The van der Waals surface area contributed by atoms with Crippen LogP contribution < -0.4 is 20.5 Å². The van der Waals surface area contributed by atoms with E-state index in [0.717, 1.165) is 0 Å². The molecule has 0 aliphatic carbocycles. The largest absolute Gasteiger partial charge is 0.493 e. The average molecular weight is 297 g/mol. The topological polar surface area (TPSA) is 117 Å². The minimum Gasteiger partial charge on any atom is -0.493 e. The lowest BCUT2D eigenvalue weighted by atomic mass is 10.1. The van der Waals surface area contributed by atoms with E-state index in [2.05, 4.69) is 5.32 Å². The van der Waals surface area contributed by atoms with E-state index in [1.807, 2.05) is 6.92 Å². The van der Waals surface area contributed by atoms with Gasteiger partial charge in [-0.2, -0.15) is 0 Å². The zero-order valence-corrected chi connectivity index (χ0v) is 12.2. The number of hydrogen-bond donors (Lipinski definition) is 2. The SMILES string of the molecule is COc1cc(C(=O)NCCC(C)N)c([N+](=O)[O-])cc1OC. The molecule has 1 unspecified atom stereocenters. The Bertz CT molecular complexity index is 531. The van der Waals surface area contributed by atoms with Crippen LogP contribution >= 0.6 is 0 Å². The van der Waals surface area contributed by atoms with Crippen molar-refractivity contribution in [2.24, 2.45) is 5.73 Å². The van der Waals surface area contributed by atoms with E-state index in [9.17, 15) is 14.9 Å². The van der Waals surface area contributed by atoms with Crippen molar-refractivity contribution < 1.29 is 19.2 Å². The number of methoxy groups -OCH3 is 2. The Hall–Kier alpha value is -2.35. The molecule has 0 spiro atoms. The van der Waals surface area contributed by atoms with Crippen LogP contribution in [-0.2, 0) is 0 Å². The molecule has 21 heavy (non-hydrogen) atoms. The van der Waals surface area contributed by atoms with Crippen LogP contribution in [0.15, 0.2) is 12.1 Å². The standard InChI is InChI=1S/C13H19N3O5/c1-8(14)4-5-15-13(17)9-6-11(20-2)12(21-3)7-10(9)16(18)19/h6-8H,4-5,14H2,1-3H3,(H,15,17). The van der Waals surface area contributed by atoms with Gasteiger partial charge in [0, 0.05) is 18.7 Å². The number of nitro benzene ring substituents is 1. The van der Waals surface area contributed by atoms with E-state index in [4.69, 9.17) is 15.2 Å². The van der Waals surface area contributed by atoms with Crippen molar-refractivity contribution >= 4 is 11.6 Å². The third kappa shape index (κ3) is 4.32. The fourth-order valence-electron chi connectivity index (χ4n) is 1.71. The van der Waals surface area contributed by atoms with E-state index in [1.54, 1.807) is 0 Å². The molecule has 0 aromatic heterocycles. The van der Waals surface area contributed by atoms with Crippen molar-refractivity contribution in [1.29, 1.82) is 0 Å². The summed E-state index contributed by atoms with van der Waals surface area (Å²) in [6, 6.07) is 2.39. The summed E-state index contributed by atoms with van der Waals surface area (Å²) in [6.07, 6.45) is 0.576. The van der Waals surface area contributed by atoms with Gasteiger partial charge in [0.1, 0.15) is 5.56 Å². The molecule has 3 N–H and O–H groups in total. The quantitative estimate of drug-likeness (QED) is 0.574. The minimum atomic E-state index is -0.636. The van der Waals surface area contributed by atoms with Gasteiger partial charge < -0.3 is 20.5 Å². The van der Waals surface area contributed by atoms with Crippen molar-refractivity contribution in [2.45, 2.75) is 19.4 Å². The molecule has 0 aliphatic rings. The molecule has 0 heterocycles. The highest BCUT2D eigenvalue weighted by Crippen LogP contribution is 2.34. The average Bonchev–Trinajstić information content (AvgIpc) is 2.44. The van der Waals surface area contributed by atoms with Gasteiger partial charge in [0.2, 0.25) is 0 Å². The first kappa shape index (κ1) is 16.7.